The summed E-state index contributed by atoms with van der Waals surface area (Å²) >= 11 is 0. The van der Waals surface area contributed by atoms with Gasteiger partial charge < -0.3 is 10.4 Å². The van der Waals surface area contributed by atoms with Crippen molar-refractivity contribution in [3.8, 4) is 22.3 Å². The van der Waals surface area contributed by atoms with Crippen LogP contribution in [0.5, 0.6) is 0 Å². The summed E-state index contributed by atoms with van der Waals surface area (Å²) in [6.45, 7) is 0.851. The molecule has 2 nitrogen and oxygen atoms in total. The molecule has 0 atom stereocenters. The Kier molecular flexibility index (Phi) is 5.36. The smallest absolute Gasteiger partial charge is 0.128 e. The minimum Gasteiger partial charge on any atom is -0.395 e. The van der Waals surface area contributed by atoms with Gasteiger partial charge in [-0.05, 0) is 34.4 Å². The summed E-state index contributed by atoms with van der Waals surface area (Å²) < 4.78 is 14.8. The summed E-state index contributed by atoms with van der Waals surface area (Å²) in [4.78, 5) is 0. The van der Waals surface area contributed by atoms with E-state index in [-0.39, 0.29) is 12.4 Å². The molecule has 0 aromatic heterocycles. The Morgan fingerprint density at radius 2 is 1.42 bits per heavy atom. The fourth-order valence-electron chi connectivity index (χ4n) is 2.78. The molecule has 0 bridgehead atoms. The number of rotatable bonds is 6. The summed E-state index contributed by atoms with van der Waals surface area (Å²) in [6.07, 6.45) is 0. The monoisotopic (exact) mass is 321 g/mol. The molecule has 24 heavy (non-hydrogen) atoms. The third-order valence-corrected chi connectivity index (χ3v) is 3.98. The zero-order valence-corrected chi connectivity index (χ0v) is 13.4. The molecule has 0 saturated heterocycles. The molecule has 0 aliphatic carbocycles. The van der Waals surface area contributed by atoms with Crippen molar-refractivity contribution in [2.24, 2.45) is 0 Å². The van der Waals surface area contributed by atoms with E-state index in [0.717, 1.165) is 22.3 Å². The Balaban J connectivity index is 2.09. The van der Waals surface area contributed by atoms with Crippen LogP contribution in [-0.4, -0.2) is 18.3 Å². The normalized spacial score (nSPS) is 10.8. The standard InChI is InChI=1S/C21H20FNO/c22-21-14-18(16-7-3-1-4-8-16)13-19(17-9-5-2-6-10-17)20(21)15-23-11-12-24/h1-10,13-14,23-24H,11-12,15H2. The number of nitrogens with one attached hydrogen (secondary N) is 1. The lowest BCUT2D eigenvalue weighted by Crippen LogP contribution is -2.19. The zero-order chi connectivity index (χ0) is 16.8. The molecule has 3 heteroatoms. The van der Waals surface area contributed by atoms with E-state index in [4.69, 9.17) is 5.11 Å². The predicted octanol–water partition coefficient (Wildman–Crippen LogP) is 4.24. The lowest BCUT2D eigenvalue weighted by molar-refractivity contribution is 0.291. The van der Waals surface area contributed by atoms with Crippen LogP contribution in [0.25, 0.3) is 22.3 Å². The second-order valence-corrected chi connectivity index (χ2v) is 5.62. The Morgan fingerprint density at radius 3 is 2.04 bits per heavy atom. The van der Waals surface area contributed by atoms with Crippen molar-refractivity contribution >= 4 is 0 Å². The van der Waals surface area contributed by atoms with E-state index < -0.39 is 0 Å². The maximum atomic E-state index is 14.8. The second-order valence-electron chi connectivity index (χ2n) is 5.62. The van der Waals surface area contributed by atoms with Gasteiger partial charge in [-0.2, -0.15) is 0 Å². The minimum absolute atomic E-state index is 0.0321. The van der Waals surface area contributed by atoms with Gasteiger partial charge in [-0.15, -0.1) is 0 Å². The number of hydrogen-bond acceptors (Lipinski definition) is 2. The first-order chi connectivity index (χ1) is 11.8. The Bertz CT molecular complexity index is 788. The van der Waals surface area contributed by atoms with Crippen molar-refractivity contribution in [3.63, 3.8) is 0 Å². The fraction of sp³-hybridized carbons (Fsp3) is 0.143. The van der Waals surface area contributed by atoms with Gasteiger partial charge >= 0.3 is 0 Å². The molecule has 0 unspecified atom stereocenters. The van der Waals surface area contributed by atoms with Crippen molar-refractivity contribution in [2.45, 2.75) is 6.54 Å². The number of aliphatic hydroxyl groups is 1. The fourth-order valence-corrected chi connectivity index (χ4v) is 2.78. The van der Waals surface area contributed by atoms with Gasteiger partial charge in [0.1, 0.15) is 5.82 Å². The summed E-state index contributed by atoms with van der Waals surface area (Å²) in [5.74, 6) is -0.236. The lowest BCUT2D eigenvalue weighted by Gasteiger charge is -2.14. The summed E-state index contributed by atoms with van der Waals surface area (Å²) in [5, 5.41) is 12.0. The average molecular weight is 321 g/mol. The Hall–Kier alpha value is -2.49. The van der Waals surface area contributed by atoms with Crippen LogP contribution >= 0.6 is 0 Å². The van der Waals surface area contributed by atoms with Crippen LogP contribution in [0.4, 0.5) is 4.39 Å². The molecule has 0 saturated carbocycles. The first-order valence-electron chi connectivity index (χ1n) is 8.04. The number of halogens is 1. The largest absolute Gasteiger partial charge is 0.395 e. The second kappa shape index (κ2) is 7.86. The third-order valence-electron chi connectivity index (χ3n) is 3.98. The van der Waals surface area contributed by atoms with E-state index in [9.17, 15) is 4.39 Å². The molecule has 3 aromatic carbocycles. The van der Waals surface area contributed by atoms with Gasteiger partial charge in [0.15, 0.2) is 0 Å². The summed E-state index contributed by atoms with van der Waals surface area (Å²) in [7, 11) is 0. The van der Waals surface area contributed by atoms with Gasteiger partial charge in [0.25, 0.3) is 0 Å². The zero-order valence-electron chi connectivity index (χ0n) is 13.4. The average Bonchev–Trinajstić information content (AvgIpc) is 2.64. The molecule has 122 valence electrons. The van der Waals surface area contributed by atoms with Gasteiger partial charge in [0.05, 0.1) is 6.61 Å². The van der Waals surface area contributed by atoms with E-state index in [1.807, 2.05) is 66.7 Å². The van der Waals surface area contributed by atoms with Crippen molar-refractivity contribution in [1.82, 2.24) is 5.32 Å². The van der Waals surface area contributed by atoms with E-state index in [0.29, 0.717) is 18.7 Å². The molecule has 0 aliphatic rings. The van der Waals surface area contributed by atoms with Gasteiger partial charge in [0, 0.05) is 18.7 Å². The van der Waals surface area contributed by atoms with Crippen LogP contribution in [-0.2, 0) is 6.54 Å². The van der Waals surface area contributed by atoms with Crippen molar-refractivity contribution in [2.75, 3.05) is 13.2 Å². The van der Waals surface area contributed by atoms with Gasteiger partial charge in [-0.3, -0.25) is 0 Å². The maximum absolute atomic E-state index is 14.8. The van der Waals surface area contributed by atoms with E-state index in [1.165, 1.54) is 0 Å². The molecule has 0 fully saturated rings. The van der Waals surface area contributed by atoms with Crippen LogP contribution in [0, 0.1) is 5.82 Å². The van der Waals surface area contributed by atoms with Gasteiger partial charge in [-0.25, -0.2) is 4.39 Å². The van der Waals surface area contributed by atoms with Crippen molar-refractivity contribution in [1.29, 1.82) is 0 Å². The number of hydrogen-bond donors (Lipinski definition) is 2. The van der Waals surface area contributed by atoms with Crippen LogP contribution in [0.2, 0.25) is 0 Å². The highest BCUT2D eigenvalue weighted by Gasteiger charge is 2.13. The van der Waals surface area contributed by atoms with Crippen LogP contribution in [0.3, 0.4) is 0 Å². The Labute approximate surface area is 141 Å². The highest BCUT2D eigenvalue weighted by Crippen LogP contribution is 2.31. The van der Waals surface area contributed by atoms with E-state index in [1.54, 1.807) is 6.07 Å². The molecular weight excluding hydrogens is 301 g/mol. The van der Waals surface area contributed by atoms with E-state index >= 15 is 0 Å². The molecule has 0 spiro atoms. The Morgan fingerprint density at radius 1 is 0.792 bits per heavy atom. The summed E-state index contributed by atoms with van der Waals surface area (Å²) in [6, 6.07) is 23.2. The molecule has 3 rings (SSSR count). The lowest BCUT2D eigenvalue weighted by atomic mass is 9.94. The molecule has 0 radical (unpaired) electrons. The highest BCUT2D eigenvalue weighted by molar-refractivity contribution is 5.75. The predicted molar refractivity (Wildman–Crippen MR) is 96.1 cm³/mol. The molecule has 3 aromatic rings. The van der Waals surface area contributed by atoms with E-state index in [2.05, 4.69) is 5.32 Å². The molecule has 0 heterocycles. The molecular formula is C21H20FNO. The van der Waals surface area contributed by atoms with Crippen LogP contribution in [0.15, 0.2) is 72.8 Å². The first-order valence-corrected chi connectivity index (χ1v) is 8.04. The van der Waals surface area contributed by atoms with Crippen molar-refractivity contribution < 1.29 is 9.50 Å². The number of aliphatic hydroxyl groups excluding tert-OH is 1. The first kappa shape index (κ1) is 16.4. The number of benzene rings is 3. The van der Waals surface area contributed by atoms with Gasteiger partial charge in [-0.1, -0.05) is 60.7 Å². The molecule has 0 amide bonds. The maximum Gasteiger partial charge on any atom is 0.128 e. The van der Waals surface area contributed by atoms with Crippen LogP contribution < -0.4 is 5.32 Å². The highest BCUT2D eigenvalue weighted by atomic mass is 19.1. The molecule has 2 N–H and O–H groups in total. The molecule has 0 aliphatic heterocycles. The SMILES string of the molecule is OCCNCc1c(F)cc(-c2ccccc2)cc1-c1ccccc1. The quantitative estimate of drug-likeness (QED) is 0.666. The van der Waals surface area contributed by atoms with Crippen LogP contribution in [0.1, 0.15) is 5.56 Å². The summed E-state index contributed by atoms with van der Waals surface area (Å²) in [5.41, 5.74) is 4.32. The third kappa shape index (κ3) is 3.70. The van der Waals surface area contributed by atoms with Crippen molar-refractivity contribution in [3.05, 3.63) is 84.2 Å². The topological polar surface area (TPSA) is 32.3 Å². The minimum atomic E-state index is -0.236. The van der Waals surface area contributed by atoms with Gasteiger partial charge in [0.2, 0.25) is 0 Å².